The standard InChI is InChI=1S/C12H16BrNO2/c1-15-11-3-2-9(13)6-10(11)12(4-5-14)7-16-8-12/h2-3,6H,4-5,7-8,14H2,1H3. The second-order valence-corrected chi connectivity index (χ2v) is 5.07. The number of nitrogens with two attached hydrogens (primary N) is 1. The lowest BCUT2D eigenvalue weighted by molar-refractivity contribution is -0.0640. The molecule has 4 heteroatoms. The van der Waals surface area contributed by atoms with Crippen LogP contribution in [0.1, 0.15) is 12.0 Å². The largest absolute Gasteiger partial charge is 0.496 e. The van der Waals surface area contributed by atoms with E-state index in [1.807, 2.05) is 12.1 Å². The highest BCUT2D eigenvalue weighted by Crippen LogP contribution is 2.41. The van der Waals surface area contributed by atoms with Crippen molar-refractivity contribution in [3.05, 3.63) is 28.2 Å². The first-order chi connectivity index (χ1) is 7.72. The van der Waals surface area contributed by atoms with Gasteiger partial charge in [-0.05, 0) is 31.2 Å². The number of methoxy groups -OCH3 is 1. The van der Waals surface area contributed by atoms with Crippen molar-refractivity contribution in [3.8, 4) is 5.75 Å². The first-order valence-corrected chi connectivity index (χ1v) is 6.13. The Kier molecular flexibility index (Phi) is 3.52. The van der Waals surface area contributed by atoms with Crippen LogP contribution in [0.4, 0.5) is 0 Å². The number of hydrogen-bond acceptors (Lipinski definition) is 3. The highest BCUT2D eigenvalue weighted by atomic mass is 79.9. The molecule has 0 amide bonds. The van der Waals surface area contributed by atoms with Crippen molar-refractivity contribution in [2.45, 2.75) is 11.8 Å². The van der Waals surface area contributed by atoms with Crippen LogP contribution < -0.4 is 10.5 Å². The fourth-order valence-electron chi connectivity index (χ4n) is 2.15. The van der Waals surface area contributed by atoms with E-state index in [1.54, 1.807) is 7.11 Å². The first kappa shape index (κ1) is 11.9. The van der Waals surface area contributed by atoms with E-state index in [0.29, 0.717) is 6.54 Å². The summed E-state index contributed by atoms with van der Waals surface area (Å²) in [5.41, 5.74) is 6.92. The second kappa shape index (κ2) is 4.73. The summed E-state index contributed by atoms with van der Waals surface area (Å²) in [7, 11) is 1.70. The third kappa shape index (κ3) is 1.97. The van der Waals surface area contributed by atoms with Crippen molar-refractivity contribution in [2.75, 3.05) is 26.9 Å². The van der Waals surface area contributed by atoms with Crippen LogP contribution in [0.15, 0.2) is 22.7 Å². The van der Waals surface area contributed by atoms with Crippen LogP contribution in [0.25, 0.3) is 0 Å². The summed E-state index contributed by atoms with van der Waals surface area (Å²) in [5, 5.41) is 0. The Morgan fingerprint density at radius 1 is 1.50 bits per heavy atom. The molecule has 1 heterocycles. The van der Waals surface area contributed by atoms with Crippen molar-refractivity contribution in [1.82, 2.24) is 0 Å². The van der Waals surface area contributed by atoms with Gasteiger partial charge in [-0.25, -0.2) is 0 Å². The van der Waals surface area contributed by atoms with E-state index in [4.69, 9.17) is 15.2 Å². The van der Waals surface area contributed by atoms with Gasteiger partial charge in [0.15, 0.2) is 0 Å². The van der Waals surface area contributed by atoms with Crippen LogP contribution in [0.5, 0.6) is 5.75 Å². The Labute approximate surface area is 104 Å². The van der Waals surface area contributed by atoms with E-state index < -0.39 is 0 Å². The van der Waals surface area contributed by atoms with Crippen molar-refractivity contribution >= 4 is 15.9 Å². The molecule has 1 aliphatic rings. The summed E-state index contributed by atoms with van der Waals surface area (Å²) >= 11 is 3.49. The van der Waals surface area contributed by atoms with Gasteiger partial charge in [-0.2, -0.15) is 0 Å². The van der Waals surface area contributed by atoms with Gasteiger partial charge in [-0.15, -0.1) is 0 Å². The molecule has 1 aromatic rings. The van der Waals surface area contributed by atoms with Crippen LogP contribution in [0, 0.1) is 0 Å². The van der Waals surface area contributed by atoms with E-state index in [1.165, 1.54) is 5.56 Å². The molecule has 0 bridgehead atoms. The molecule has 0 aliphatic carbocycles. The molecule has 88 valence electrons. The van der Waals surface area contributed by atoms with E-state index >= 15 is 0 Å². The predicted octanol–water partition coefficient (Wildman–Crippen LogP) is 2.07. The van der Waals surface area contributed by atoms with Crippen molar-refractivity contribution in [1.29, 1.82) is 0 Å². The molecule has 1 aliphatic heterocycles. The van der Waals surface area contributed by atoms with Crippen LogP contribution >= 0.6 is 15.9 Å². The maximum atomic E-state index is 5.68. The third-order valence-electron chi connectivity index (χ3n) is 3.11. The molecule has 2 N–H and O–H groups in total. The summed E-state index contributed by atoms with van der Waals surface area (Å²) in [6, 6.07) is 6.07. The molecule has 1 aromatic carbocycles. The third-order valence-corrected chi connectivity index (χ3v) is 3.61. The quantitative estimate of drug-likeness (QED) is 0.921. The molecule has 1 saturated heterocycles. The lowest BCUT2D eigenvalue weighted by Crippen LogP contribution is -2.48. The normalized spacial score (nSPS) is 17.9. The first-order valence-electron chi connectivity index (χ1n) is 5.34. The Hall–Kier alpha value is -0.580. The summed E-state index contributed by atoms with van der Waals surface area (Å²) in [6.07, 6.45) is 0.930. The Balaban J connectivity index is 2.40. The second-order valence-electron chi connectivity index (χ2n) is 4.16. The smallest absolute Gasteiger partial charge is 0.122 e. The zero-order valence-corrected chi connectivity index (χ0v) is 10.9. The molecule has 0 radical (unpaired) electrons. The molecule has 16 heavy (non-hydrogen) atoms. The fraction of sp³-hybridized carbons (Fsp3) is 0.500. The van der Waals surface area contributed by atoms with Gasteiger partial charge < -0.3 is 15.2 Å². The maximum absolute atomic E-state index is 5.68. The molecule has 3 nitrogen and oxygen atoms in total. The fourth-order valence-corrected chi connectivity index (χ4v) is 2.51. The number of rotatable bonds is 4. The number of halogens is 1. The van der Waals surface area contributed by atoms with Gasteiger partial charge in [0.1, 0.15) is 5.75 Å². The topological polar surface area (TPSA) is 44.5 Å². The van der Waals surface area contributed by atoms with Crippen LogP contribution in [-0.4, -0.2) is 26.9 Å². The molecule has 0 aromatic heterocycles. The van der Waals surface area contributed by atoms with Gasteiger partial charge >= 0.3 is 0 Å². The van der Waals surface area contributed by atoms with Gasteiger partial charge in [0.05, 0.1) is 20.3 Å². The zero-order chi connectivity index (χ0) is 11.6. The number of benzene rings is 1. The molecule has 2 rings (SSSR count). The highest BCUT2D eigenvalue weighted by molar-refractivity contribution is 9.10. The van der Waals surface area contributed by atoms with Crippen molar-refractivity contribution in [3.63, 3.8) is 0 Å². The van der Waals surface area contributed by atoms with E-state index in [9.17, 15) is 0 Å². The minimum absolute atomic E-state index is 0.0455. The molecule has 0 saturated carbocycles. The lowest BCUT2D eigenvalue weighted by atomic mass is 9.75. The molecular formula is C12H16BrNO2. The SMILES string of the molecule is COc1ccc(Br)cc1C1(CCN)COC1. The monoisotopic (exact) mass is 285 g/mol. The number of ether oxygens (including phenoxy) is 2. The highest BCUT2D eigenvalue weighted by Gasteiger charge is 2.41. The van der Waals surface area contributed by atoms with E-state index in [2.05, 4.69) is 22.0 Å². The van der Waals surface area contributed by atoms with Crippen LogP contribution in [-0.2, 0) is 10.2 Å². The predicted molar refractivity (Wildman–Crippen MR) is 66.9 cm³/mol. The lowest BCUT2D eigenvalue weighted by Gasteiger charge is -2.42. The zero-order valence-electron chi connectivity index (χ0n) is 9.33. The average molecular weight is 286 g/mol. The van der Waals surface area contributed by atoms with Gasteiger partial charge in [0.25, 0.3) is 0 Å². The minimum atomic E-state index is 0.0455. The van der Waals surface area contributed by atoms with E-state index in [-0.39, 0.29) is 5.41 Å². The molecule has 0 unspecified atom stereocenters. The van der Waals surface area contributed by atoms with Gasteiger partial charge in [-0.3, -0.25) is 0 Å². The van der Waals surface area contributed by atoms with Crippen LogP contribution in [0.2, 0.25) is 0 Å². The average Bonchev–Trinajstić information content (AvgIpc) is 2.23. The molecule has 0 spiro atoms. The Bertz CT molecular complexity index is 377. The number of hydrogen-bond donors (Lipinski definition) is 1. The summed E-state index contributed by atoms with van der Waals surface area (Å²) in [4.78, 5) is 0. The minimum Gasteiger partial charge on any atom is -0.496 e. The van der Waals surface area contributed by atoms with Crippen molar-refractivity contribution in [2.24, 2.45) is 5.73 Å². The van der Waals surface area contributed by atoms with Crippen LogP contribution in [0.3, 0.4) is 0 Å². The van der Waals surface area contributed by atoms with Gasteiger partial charge in [0.2, 0.25) is 0 Å². The van der Waals surface area contributed by atoms with Gasteiger partial charge in [-0.1, -0.05) is 15.9 Å². The Morgan fingerprint density at radius 3 is 2.75 bits per heavy atom. The molecule has 0 atom stereocenters. The van der Waals surface area contributed by atoms with Crippen molar-refractivity contribution < 1.29 is 9.47 Å². The summed E-state index contributed by atoms with van der Waals surface area (Å²) < 4.78 is 11.8. The van der Waals surface area contributed by atoms with Gasteiger partial charge in [0, 0.05) is 15.5 Å². The molecule has 1 fully saturated rings. The summed E-state index contributed by atoms with van der Waals surface area (Å²) in [6.45, 7) is 2.13. The maximum Gasteiger partial charge on any atom is 0.122 e. The molecular weight excluding hydrogens is 270 g/mol. The van der Waals surface area contributed by atoms with E-state index in [0.717, 1.165) is 29.9 Å². The Morgan fingerprint density at radius 2 is 2.25 bits per heavy atom. The summed E-state index contributed by atoms with van der Waals surface area (Å²) in [5.74, 6) is 0.917.